The molecule has 7 heteroatoms. The van der Waals surface area contributed by atoms with Gasteiger partial charge in [0.25, 0.3) is 5.91 Å². The third-order valence-electron chi connectivity index (χ3n) is 5.29. The Kier molecular flexibility index (Phi) is 7.48. The van der Waals surface area contributed by atoms with Gasteiger partial charge in [-0.2, -0.15) is 0 Å². The Labute approximate surface area is 166 Å². The molecule has 156 valence electrons. The number of halogens is 1. The lowest BCUT2D eigenvalue weighted by Crippen LogP contribution is -2.35. The highest BCUT2D eigenvalue weighted by Gasteiger charge is 2.25. The van der Waals surface area contributed by atoms with Crippen molar-refractivity contribution < 1.29 is 18.7 Å². The van der Waals surface area contributed by atoms with Crippen LogP contribution in [-0.2, 0) is 4.74 Å². The van der Waals surface area contributed by atoms with E-state index in [2.05, 4.69) is 15.2 Å². The number of pyridine rings is 1. The van der Waals surface area contributed by atoms with Gasteiger partial charge in [0.15, 0.2) is 6.86 Å². The van der Waals surface area contributed by atoms with Crippen LogP contribution in [0.1, 0.15) is 56.4 Å². The molecule has 6 nitrogen and oxygen atoms in total. The number of hydrogen-bond acceptors (Lipinski definition) is 5. The molecule has 1 aliphatic heterocycles. The molecule has 2 atom stereocenters. The van der Waals surface area contributed by atoms with Gasteiger partial charge in [-0.25, -0.2) is 9.37 Å². The van der Waals surface area contributed by atoms with Gasteiger partial charge in [0.1, 0.15) is 5.69 Å². The zero-order chi connectivity index (χ0) is 19.9. The number of ether oxygens (including phenoxy) is 2. The summed E-state index contributed by atoms with van der Waals surface area (Å²) in [6, 6.07) is 3.68. The van der Waals surface area contributed by atoms with Crippen LogP contribution in [-0.4, -0.2) is 50.1 Å². The van der Waals surface area contributed by atoms with Crippen molar-refractivity contribution in [3.63, 3.8) is 0 Å². The molecule has 2 fully saturated rings. The van der Waals surface area contributed by atoms with Crippen molar-refractivity contribution in [2.24, 2.45) is 11.8 Å². The van der Waals surface area contributed by atoms with Gasteiger partial charge < -0.3 is 19.7 Å². The highest BCUT2D eigenvalue weighted by atomic mass is 19.1. The zero-order valence-corrected chi connectivity index (χ0v) is 17.0. The van der Waals surface area contributed by atoms with Crippen molar-refractivity contribution in [3.05, 3.63) is 17.8 Å². The summed E-state index contributed by atoms with van der Waals surface area (Å²) >= 11 is 0. The first kappa shape index (κ1) is 20.8. The molecule has 3 rings (SSSR count). The van der Waals surface area contributed by atoms with E-state index in [9.17, 15) is 9.18 Å². The Morgan fingerprint density at radius 3 is 2.75 bits per heavy atom. The van der Waals surface area contributed by atoms with Crippen molar-refractivity contribution in [1.82, 2.24) is 10.3 Å². The Balaban J connectivity index is 1.62. The van der Waals surface area contributed by atoms with Crippen LogP contribution in [0.15, 0.2) is 12.1 Å². The predicted molar refractivity (Wildman–Crippen MR) is 107 cm³/mol. The topological polar surface area (TPSA) is 63.7 Å². The van der Waals surface area contributed by atoms with Gasteiger partial charge in [0, 0.05) is 19.1 Å². The summed E-state index contributed by atoms with van der Waals surface area (Å²) in [6.07, 6.45) is 5.48. The van der Waals surface area contributed by atoms with Crippen molar-refractivity contribution in [1.29, 1.82) is 0 Å². The number of aromatic nitrogens is 1. The Morgan fingerprint density at radius 1 is 1.32 bits per heavy atom. The average molecular weight is 394 g/mol. The molecule has 1 unspecified atom stereocenters. The summed E-state index contributed by atoms with van der Waals surface area (Å²) in [5, 5.41) is 2.98. The van der Waals surface area contributed by atoms with Crippen LogP contribution in [0.25, 0.3) is 0 Å². The minimum absolute atomic E-state index is 0.0541. The van der Waals surface area contributed by atoms with E-state index in [0.717, 1.165) is 18.8 Å². The standard InChI is InChI=1S/C21H32FN3O3/c1-15(12-27-14-22)11-16(2)23-20(26)18-7-8-19(25-9-3-4-10-25)21(24-18)28-13-17-5-6-17/h7-8,15-17H,3-6,9-14H2,1-2H3,(H,23,26)/t15?,16-/m0/s1. The molecular weight excluding hydrogens is 361 g/mol. The van der Waals surface area contributed by atoms with Gasteiger partial charge in [-0.3, -0.25) is 4.79 Å². The largest absolute Gasteiger partial charge is 0.476 e. The first-order valence-electron chi connectivity index (χ1n) is 10.4. The van der Waals surface area contributed by atoms with Crippen molar-refractivity contribution in [3.8, 4) is 5.88 Å². The maximum absolute atomic E-state index is 12.7. The number of nitrogens with one attached hydrogen (secondary N) is 1. The monoisotopic (exact) mass is 393 g/mol. The molecule has 1 saturated carbocycles. The normalized spacial score (nSPS) is 18.8. The molecule has 1 amide bonds. The van der Waals surface area contributed by atoms with E-state index < -0.39 is 6.86 Å². The number of anilines is 1. The molecule has 2 aliphatic rings. The quantitative estimate of drug-likeness (QED) is 0.623. The predicted octanol–water partition coefficient (Wildman–Crippen LogP) is 3.56. The van der Waals surface area contributed by atoms with E-state index >= 15 is 0 Å². The SMILES string of the molecule is CC(COCF)C[C@H](C)NC(=O)c1ccc(N2CCCC2)c(OCC2CC2)n1. The molecule has 1 aliphatic carbocycles. The van der Waals surface area contributed by atoms with Crippen molar-refractivity contribution in [2.45, 2.75) is 52.0 Å². The summed E-state index contributed by atoms with van der Waals surface area (Å²) in [7, 11) is 0. The van der Waals surface area contributed by atoms with E-state index in [4.69, 9.17) is 9.47 Å². The van der Waals surface area contributed by atoms with E-state index in [1.54, 1.807) is 6.07 Å². The van der Waals surface area contributed by atoms with Crippen LogP contribution in [0.3, 0.4) is 0 Å². The van der Waals surface area contributed by atoms with Gasteiger partial charge in [-0.15, -0.1) is 0 Å². The molecule has 0 bridgehead atoms. The van der Waals surface area contributed by atoms with E-state index in [1.165, 1.54) is 25.7 Å². The summed E-state index contributed by atoms with van der Waals surface area (Å²) < 4.78 is 22.9. The Hall–Kier alpha value is -1.89. The minimum atomic E-state index is -0.776. The second kappa shape index (κ2) is 10.0. The first-order valence-corrected chi connectivity index (χ1v) is 10.4. The van der Waals surface area contributed by atoms with Crippen molar-refractivity contribution in [2.75, 3.05) is 38.1 Å². The maximum atomic E-state index is 12.7. The van der Waals surface area contributed by atoms with Gasteiger partial charge in [0.05, 0.1) is 18.9 Å². The van der Waals surface area contributed by atoms with Crippen LogP contribution in [0, 0.1) is 11.8 Å². The summed E-state index contributed by atoms with van der Waals surface area (Å²) in [6.45, 7) is 6.16. The molecule has 1 aromatic heterocycles. The van der Waals surface area contributed by atoms with Gasteiger partial charge in [0.2, 0.25) is 5.88 Å². The second-order valence-electron chi connectivity index (χ2n) is 8.16. The smallest absolute Gasteiger partial charge is 0.270 e. The fourth-order valence-electron chi connectivity index (χ4n) is 3.62. The second-order valence-corrected chi connectivity index (χ2v) is 8.16. The molecule has 0 spiro atoms. The molecule has 1 aromatic rings. The molecular formula is C21H32FN3O3. The number of alkyl halides is 1. The average Bonchev–Trinajstić information content (AvgIpc) is 3.35. The highest BCUT2D eigenvalue weighted by Crippen LogP contribution is 2.33. The number of amides is 1. The number of rotatable bonds is 11. The Morgan fingerprint density at radius 2 is 2.07 bits per heavy atom. The fourth-order valence-corrected chi connectivity index (χ4v) is 3.62. The van der Waals surface area contributed by atoms with E-state index in [0.29, 0.717) is 37.1 Å². The third kappa shape index (κ3) is 6.06. The summed E-state index contributed by atoms with van der Waals surface area (Å²) in [5.74, 6) is 1.14. The summed E-state index contributed by atoms with van der Waals surface area (Å²) in [4.78, 5) is 19.5. The molecule has 0 radical (unpaired) electrons. The fraction of sp³-hybridized carbons (Fsp3) is 0.714. The number of carbonyl (C=O) groups is 1. The van der Waals surface area contributed by atoms with Gasteiger partial charge in [-0.1, -0.05) is 6.92 Å². The lowest BCUT2D eigenvalue weighted by Gasteiger charge is -2.22. The molecule has 2 heterocycles. The Bertz CT molecular complexity index is 648. The van der Waals surface area contributed by atoms with Crippen LogP contribution in [0.5, 0.6) is 5.88 Å². The number of carbonyl (C=O) groups excluding carboxylic acids is 1. The highest BCUT2D eigenvalue weighted by molar-refractivity contribution is 5.93. The lowest BCUT2D eigenvalue weighted by atomic mass is 10.0. The third-order valence-corrected chi connectivity index (χ3v) is 5.29. The van der Waals surface area contributed by atoms with Crippen LogP contribution in [0.4, 0.5) is 10.1 Å². The minimum Gasteiger partial charge on any atom is -0.476 e. The molecule has 1 N–H and O–H groups in total. The molecule has 1 saturated heterocycles. The number of hydrogen-bond donors (Lipinski definition) is 1. The van der Waals surface area contributed by atoms with E-state index in [-0.39, 0.29) is 17.9 Å². The molecule has 28 heavy (non-hydrogen) atoms. The van der Waals surface area contributed by atoms with Crippen LogP contribution in [0.2, 0.25) is 0 Å². The first-order chi connectivity index (χ1) is 13.6. The van der Waals surface area contributed by atoms with Gasteiger partial charge >= 0.3 is 0 Å². The van der Waals surface area contributed by atoms with Gasteiger partial charge in [-0.05, 0) is 63.0 Å². The van der Waals surface area contributed by atoms with Crippen LogP contribution >= 0.6 is 0 Å². The maximum Gasteiger partial charge on any atom is 0.270 e. The zero-order valence-electron chi connectivity index (χ0n) is 17.0. The van der Waals surface area contributed by atoms with Crippen LogP contribution < -0.4 is 15.0 Å². The summed E-state index contributed by atoms with van der Waals surface area (Å²) in [5.41, 5.74) is 1.35. The van der Waals surface area contributed by atoms with E-state index in [1.807, 2.05) is 19.9 Å². The van der Waals surface area contributed by atoms with Crippen molar-refractivity contribution >= 4 is 11.6 Å². The number of nitrogens with zero attached hydrogens (tertiary/aromatic N) is 2. The molecule has 0 aromatic carbocycles. The lowest BCUT2D eigenvalue weighted by molar-refractivity contribution is 0.0347.